The number of carbonyl (C=O) groups excluding carboxylic acids is 2. The van der Waals surface area contributed by atoms with Crippen LogP contribution in [0.15, 0.2) is 212 Å². The first kappa shape index (κ1) is 63.4. The van der Waals surface area contributed by atoms with E-state index in [4.69, 9.17) is 0 Å². The zero-order chi connectivity index (χ0) is 60.2. The van der Waals surface area contributed by atoms with Crippen LogP contribution < -0.4 is 10.9 Å². The third-order valence-corrected chi connectivity index (χ3v) is 10.7. The van der Waals surface area contributed by atoms with Crippen molar-refractivity contribution in [3.63, 3.8) is 0 Å². The van der Waals surface area contributed by atoms with Crippen molar-refractivity contribution in [1.82, 2.24) is 115 Å². The standard InChI is InChI=1S/C10H9N.C9H9N.2C8H8N2.C6H7N.2C3H5N3.C3H4N2O.2C2H4N4.C2H3N3O/c1-8-6-9-4-2-3-5-10(9)11-7-8;1-10-7-6-8-4-2-3-5-9(8)10;1-10-6-9-7-4-2-3-5-8(7)10;1-10-8-5-3-2-4-7(8)6-9-10;1-6-2-4-7-5-3-6;1-6-3-2-4-5-6;1-6-4-2-3-5-6;6-3-1-2-4-5-3;1-6-2-3-4-5-6;1-6-4-2-3-5-6;6-2-1-3-5-4-2/h2-7H,1H3;2-7H,1H3;2*2-6H,1H3;2-5H,1H3;2*2-3H,1H3;2H,1H2,(H,5,6);2*2H,1H3;1H2,(H,3,4,6). The van der Waals surface area contributed by atoms with Crippen LogP contribution >= 0.6 is 0 Å². The molecular weight excluding hydrogens is 1070 g/mol. The number of benzene rings is 4. The molecule has 84 heavy (non-hydrogen) atoms. The number of hydrogen-bond donors (Lipinski definition) is 2. The van der Waals surface area contributed by atoms with E-state index in [1.807, 2.05) is 117 Å². The predicted octanol–water partition coefficient (Wildman–Crippen LogP) is 6.28. The first-order chi connectivity index (χ1) is 40.7. The molecule has 0 bridgehead atoms. The minimum atomic E-state index is -0.130. The normalized spacial score (nSPS) is 11.0. The van der Waals surface area contributed by atoms with E-state index in [0.29, 0.717) is 6.42 Å². The topological polar surface area (TPSA) is 310 Å². The van der Waals surface area contributed by atoms with Gasteiger partial charge in [0.1, 0.15) is 12.9 Å². The average molecular weight is 1140 g/mol. The first-order valence-corrected chi connectivity index (χ1v) is 25.6. The first-order valence-electron chi connectivity index (χ1n) is 25.6. The van der Waals surface area contributed by atoms with Gasteiger partial charge in [-0.15, -0.1) is 20.4 Å². The van der Waals surface area contributed by atoms with Gasteiger partial charge >= 0.3 is 0 Å². The van der Waals surface area contributed by atoms with Gasteiger partial charge in [0.2, 0.25) is 5.91 Å². The average Bonchev–Trinajstić information content (AvgIpc) is 4.46. The lowest BCUT2D eigenvalue weighted by Crippen LogP contribution is -2.11. The Kier molecular flexibility index (Phi) is 27.1. The number of nitrogens with one attached hydrogen (secondary N) is 2. The SMILES string of the molecule is Cc1ccncc1.Cc1cnc2ccccc2c1.Cn1ccc2ccccc21.Cn1ccnn1.Cn1cnc2ccccc21.Cn1cnnn1.Cn1ncc2ccccc21.Cn1nccn1.Cn1ncnn1.O=C1CC=NN1.O=C1CN=NN1. The minimum absolute atomic E-state index is 0.0185. The fraction of sp³-hybridized carbons (Fsp3) is 0.196. The van der Waals surface area contributed by atoms with E-state index < -0.39 is 0 Å². The molecule has 9 aromatic heterocycles. The Morgan fingerprint density at radius 3 is 1.61 bits per heavy atom. The summed E-state index contributed by atoms with van der Waals surface area (Å²) < 4.78 is 9.17. The van der Waals surface area contributed by atoms with E-state index in [2.05, 4.69) is 183 Å². The van der Waals surface area contributed by atoms with Gasteiger partial charge in [-0.3, -0.25) is 28.9 Å². The molecule has 2 amide bonds. The Morgan fingerprint density at radius 2 is 1.17 bits per heavy atom. The summed E-state index contributed by atoms with van der Waals surface area (Å²) >= 11 is 0. The molecular formula is C56H66N26O2. The van der Waals surface area contributed by atoms with Crippen molar-refractivity contribution < 1.29 is 9.59 Å². The van der Waals surface area contributed by atoms with Gasteiger partial charge < -0.3 is 9.13 Å². The third kappa shape index (κ3) is 24.3. The van der Waals surface area contributed by atoms with E-state index in [1.165, 1.54) is 70.8 Å². The molecule has 0 fully saturated rings. The van der Waals surface area contributed by atoms with Crippen LogP contribution in [0, 0.1) is 13.8 Å². The van der Waals surface area contributed by atoms with E-state index in [0.717, 1.165) is 11.0 Å². The van der Waals surface area contributed by atoms with Crippen molar-refractivity contribution in [2.24, 2.45) is 64.8 Å². The number of amides is 2. The number of pyridine rings is 2. The second-order valence-corrected chi connectivity index (χ2v) is 17.4. The van der Waals surface area contributed by atoms with E-state index >= 15 is 0 Å². The molecule has 13 aromatic rings. The molecule has 28 nitrogen and oxygen atoms in total. The van der Waals surface area contributed by atoms with Gasteiger partial charge in [-0.1, -0.05) is 77.2 Å². The van der Waals surface area contributed by atoms with E-state index in [9.17, 15) is 9.59 Å². The van der Waals surface area contributed by atoms with Crippen molar-refractivity contribution in [3.8, 4) is 0 Å². The van der Waals surface area contributed by atoms with Crippen molar-refractivity contribution >= 4 is 61.8 Å². The molecule has 0 radical (unpaired) electrons. The molecule has 2 aliphatic rings. The molecule has 2 aliphatic heterocycles. The number of rotatable bonds is 0. The molecule has 2 N–H and O–H groups in total. The quantitative estimate of drug-likeness (QED) is 0.169. The lowest BCUT2D eigenvalue weighted by Gasteiger charge is -1.95. The van der Waals surface area contributed by atoms with Crippen LogP contribution in [0.3, 0.4) is 0 Å². The summed E-state index contributed by atoms with van der Waals surface area (Å²) in [6.07, 6.45) is 22.8. The smallest absolute Gasteiger partial charge is 0.265 e. The lowest BCUT2D eigenvalue weighted by molar-refractivity contribution is -0.119. The summed E-state index contributed by atoms with van der Waals surface area (Å²) in [5.74, 6) is -0.148. The van der Waals surface area contributed by atoms with Crippen LogP contribution in [-0.4, -0.2) is 129 Å². The van der Waals surface area contributed by atoms with Crippen molar-refractivity contribution in [2.45, 2.75) is 20.3 Å². The second-order valence-electron chi connectivity index (χ2n) is 17.4. The Hall–Kier alpha value is -11.4. The van der Waals surface area contributed by atoms with Crippen molar-refractivity contribution in [1.29, 1.82) is 0 Å². The summed E-state index contributed by atoms with van der Waals surface area (Å²) in [5.41, 5.74) is 12.6. The molecule has 432 valence electrons. The summed E-state index contributed by atoms with van der Waals surface area (Å²) in [6, 6.07) is 40.9. The number of tetrazole rings is 2. The number of fused-ring (bicyclic) bond motifs is 4. The fourth-order valence-electron chi connectivity index (χ4n) is 6.51. The van der Waals surface area contributed by atoms with Crippen molar-refractivity contribution in [2.75, 3.05) is 6.54 Å². The number of hydrazone groups is 1. The van der Waals surface area contributed by atoms with E-state index in [1.54, 1.807) is 69.2 Å². The monoisotopic (exact) mass is 1130 g/mol. The van der Waals surface area contributed by atoms with Gasteiger partial charge in [0.05, 0.1) is 66.6 Å². The van der Waals surface area contributed by atoms with Gasteiger partial charge in [-0.2, -0.15) is 35.1 Å². The number of aromatic nitrogens is 21. The molecule has 15 rings (SSSR count). The largest absolute Gasteiger partial charge is 0.351 e. The highest BCUT2D eigenvalue weighted by atomic mass is 16.2. The maximum absolute atomic E-state index is 10.0. The Balaban J connectivity index is 0.000000171. The molecule has 0 saturated heterocycles. The van der Waals surface area contributed by atoms with Crippen LogP contribution in [-0.2, 0) is 58.9 Å². The highest BCUT2D eigenvalue weighted by Gasteiger charge is 2.01. The summed E-state index contributed by atoms with van der Waals surface area (Å²) in [5, 5.41) is 53.0. The van der Waals surface area contributed by atoms with Crippen LogP contribution in [0.4, 0.5) is 0 Å². The zero-order valence-electron chi connectivity index (χ0n) is 48.0. The zero-order valence-corrected chi connectivity index (χ0v) is 48.0. The van der Waals surface area contributed by atoms with Crippen LogP contribution in [0.2, 0.25) is 0 Å². The summed E-state index contributed by atoms with van der Waals surface area (Å²) in [4.78, 5) is 35.1. The Morgan fingerprint density at radius 1 is 0.488 bits per heavy atom. The number of para-hydroxylation sites is 5. The second kappa shape index (κ2) is 35.9. The highest BCUT2D eigenvalue weighted by molar-refractivity contribution is 5.93. The fourth-order valence-corrected chi connectivity index (χ4v) is 6.51. The van der Waals surface area contributed by atoms with Crippen molar-refractivity contribution in [3.05, 3.63) is 207 Å². The number of aryl methyl sites for hydroxylation is 9. The molecule has 0 saturated carbocycles. The Bertz CT molecular complexity index is 3560. The molecule has 0 atom stereocenters. The molecule has 0 unspecified atom stereocenters. The number of imidazole rings is 1. The summed E-state index contributed by atoms with van der Waals surface area (Å²) in [7, 11) is 13.1. The third-order valence-electron chi connectivity index (χ3n) is 10.7. The molecule has 0 aliphatic carbocycles. The predicted molar refractivity (Wildman–Crippen MR) is 319 cm³/mol. The maximum atomic E-state index is 10.0. The molecule has 4 aromatic carbocycles. The minimum Gasteiger partial charge on any atom is -0.351 e. The van der Waals surface area contributed by atoms with Gasteiger partial charge in [0, 0.05) is 95.8 Å². The van der Waals surface area contributed by atoms with Crippen LogP contribution in [0.5, 0.6) is 0 Å². The number of carbonyl (C=O) groups is 2. The van der Waals surface area contributed by atoms with E-state index in [-0.39, 0.29) is 18.4 Å². The van der Waals surface area contributed by atoms with Gasteiger partial charge in [0.15, 0.2) is 6.33 Å². The Labute approximate surface area is 483 Å². The van der Waals surface area contributed by atoms with Crippen LogP contribution in [0.25, 0.3) is 43.7 Å². The maximum Gasteiger partial charge on any atom is 0.265 e. The van der Waals surface area contributed by atoms with Crippen LogP contribution in [0.1, 0.15) is 17.5 Å². The molecule has 28 heteroatoms. The highest BCUT2D eigenvalue weighted by Crippen LogP contribution is 2.14. The van der Waals surface area contributed by atoms with Gasteiger partial charge in [0.25, 0.3) is 5.91 Å². The molecule has 11 heterocycles. The summed E-state index contributed by atoms with van der Waals surface area (Å²) in [6.45, 7) is 4.29. The number of hydrogen-bond acceptors (Lipinski definition) is 19. The number of nitrogens with zero attached hydrogens (tertiary/aromatic N) is 24. The molecule has 0 spiro atoms. The van der Waals surface area contributed by atoms with Gasteiger partial charge in [-0.05, 0) is 101 Å². The lowest BCUT2D eigenvalue weighted by atomic mass is 10.2. The van der Waals surface area contributed by atoms with Gasteiger partial charge in [-0.25, -0.2) is 20.5 Å².